The lowest BCUT2D eigenvalue weighted by Crippen LogP contribution is -2.46. The van der Waals surface area contributed by atoms with Gasteiger partial charge in [-0.05, 0) is 25.7 Å². The second-order valence-corrected chi connectivity index (χ2v) is 10.1. The first kappa shape index (κ1) is 36.4. The van der Waals surface area contributed by atoms with Crippen molar-refractivity contribution in [3.8, 4) is 0 Å². The molecule has 40 heavy (non-hydrogen) atoms. The molecule has 0 aromatic heterocycles. The molecule has 0 heterocycles. The van der Waals surface area contributed by atoms with Crippen molar-refractivity contribution in [3.63, 3.8) is 0 Å². The second kappa shape index (κ2) is 18.6. The Balaban J connectivity index is 4.77. The summed E-state index contributed by atoms with van der Waals surface area (Å²) >= 11 is 0. The van der Waals surface area contributed by atoms with E-state index in [1.165, 1.54) is 6.92 Å². The van der Waals surface area contributed by atoms with Gasteiger partial charge in [-0.2, -0.15) is 0 Å². The maximum atomic E-state index is 12.2. The lowest BCUT2D eigenvalue weighted by Gasteiger charge is -2.21. The number of amides is 3. The minimum Gasteiger partial charge on any atom is -0.481 e. The van der Waals surface area contributed by atoms with Gasteiger partial charge in [-0.1, -0.05) is 6.42 Å². The summed E-state index contributed by atoms with van der Waals surface area (Å²) in [7, 11) is -4.96. The fourth-order valence-electron chi connectivity index (χ4n) is 3.01. The molecule has 0 aromatic carbocycles. The lowest BCUT2D eigenvalue weighted by molar-refractivity contribution is -0.144. The van der Waals surface area contributed by atoms with Crippen LogP contribution in [0.2, 0.25) is 0 Å². The molecule has 9 N–H and O–H groups in total. The zero-order valence-electron chi connectivity index (χ0n) is 21.7. The van der Waals surface area contributed by atoms with Crippen molar-refractivity contribution in [2.45, 2.75) is 76.4 Å². The van der Waals surface area contributed by atoms with Gasteiger partial charge in [0, 0.05) is 32.7 Å². The van der Waals surface area contributed by atoms with E-state index in [1.54, 1.807) is 5.09 Å². The fraction of sp³-hybridized carbons (Fsp3) is 0.667. The highest BCUT2D eigenvalue weighted by Crippen LogP contribution is 2.38. The highest BCUT2D eigenvalue weighted by Gasteiger charge is 2.32. The van der Waals surface area contributed by atoms with E-state index < -0.39 is 93.9 Å². The molecule has 0 aromatic rings. The third kappa shape index (κ3) is 17.8. The first-order valence-corrected chi connectivity index (χ1v) is 13.6. The van der Waals surface area contributed by atoms with E-state index in [-0.39, 0.29) is 12.3 Å². The molecule has 0 bridgehead atoms. The van der Waals surface area contributed by atoms with Crippen molar-refractivity contribution in [2.24, 2.45) is 0 Å². The predicted molar refractivity (Wildman–Crippen MR) is 133 cm³/mol. The largest absolute Gasteiger partial charge is 0.481 e. The number of nitrogens with one attached hydrogen (secondary N) is 4. The summed E-state index contributed by atoms with van der Waals surface area (Å²) < 4.78 is 16.7. The van der Waals surface area contributed by atoms with Gasteiger partial charge >= 0.3 is 31.6 Å². The van der Waals surface area contributed by atoms with Crippen LogP contribution in [0.25, 0.3) is 0 Å². The Morgan fingerprint density at radius 1 is 0.725 bits per heavy atom. The molecule has 19 heteroatoms. The summed E-state index contributed by atoms with van der Waals surface area (Å²) in [4.78, 5) is 89.4. The van der Waals surface area contributed by atoms with Gasteiger partial charge in [-0.15, -0.1) is 0 Å². The van der Waals surface area contributed by atoms with E-state index in [0.717, 1.165) is 0 Å². The number of unbranched alkanes of at least 4 members (excludes halogenated alkanes) is 2. The van der Waals surface area contributed by atoms with Crippen LogP contribution in [0, 0.1) is 0 Å². The van der Waals surface area contributed by atoms with Gasteiger partial charge in [0.05, 0.1) is 6.61 Å². The normalized spacial score (nSPS) is 14.6. The van der Waals surface area contributed by atoms with Crippen molar-refractivity contribution in [2.75, 3.05) is 13.2 Å². The highest BCUT2D eigenvalue weighted by atomic mass is 31.2. The van der Waals surface area contributed by atoms with Gasteiger partial charge in [-0.25, -0.2) is 19.2 Å². The summed E-state index contributed by atoms with van der Waals surface area (Å²) in [6.07, 6.45) is -0.557. The van der Waals surface area contributed by atoms with E-state index in [1.807, 2.05) is 5.32 Å². The lowest BCUT2D eigenvalue weighted by atomic mass is 10.1. The van der Waals surface area contributed by atoms with Crippen LogP contribution in [0.15, 0.2) is 0 Å². The monoisotopic (exact) mass is 598 g/mol. The Hall–Kier alpha value is -3.60. The predicted octanol–water partition coefficient (Wildman–Crippen LogP) is -1.37. The zero-order valence-corrected chi connectivity index (χ0v) is 22.6. The standard InChI is InChI=1S/C21H35N4O14P/c1-12(26)22-10-4-2-3-5-16(27)23-13(19(31)32)6-8-17(28)24-15(21(35)36)11-39-40(37,38)25-14(20(33)34)7-9-18(29)30/h13-15H,2-11H2,1H3,(H,22,26)(H,23,27)(H,24,28)(H,29,30)(H,31,32)(H,33,34)(H,35,36)(H2,25,37,38)/t13-,14-,15-/m0/s1. The molecule has 0 aliphatic carbocycles. The van der Waals surface area contributed by atoms with Gasteiger partial charge in [0.1, 0.15) is 12.1 Å². The summed E-state index contributed by atoms with van der Waals surface area (Å²) in [5, 5.41) is 44.8. The van der Waals surface area contributed by atoms with Crippen LogP contribution in [-0.2, 0) is 42.7 Å². The third-order valence-electron chi connectivity index (χ3n) is 5.06. The van der Waals surface area contributed by atoms with E-state index >= 15 is 0 Å². The summed E-state index contributed by atoms with van der Waals surface area (Å²) in [6.45, 7) is 0.704. The molecule has 4 atom stereocenters. The van der Waals surface area contributed by atoms with Crippen molar-refractivity contribution in [1.29, 1.82) is 0 Å². The average Bonchev–Trinajstić information content (AvgIpc) is 2.83. The van der Waals surface area contributed by atoms with Gasteiger partial charge in [0.15, 0.2) is 6.04 Å². The van der Waals surface area contributed by atoms with Crippen molar-refractivity contribution in [3.05, 3.63) is 0 Å². The Labute approximate surface area is 228 Å². The first-order chi connectivity index (χ1) is 18.5. The van der Waals surface area contributed by atoms with Crippen LogP contribution < -0.4 is 21.0 Å². The Kier molecular flexibility index (Phi) is 17.0. The second-order valence-electron chi connectivity index (χ2n) is 8.52. The molecule has 0 saturated carbocycles. The molecular weight excluding hydrogens is 563 g/mol. The van der Waals surface area contributed by atoms with Crippen molar-refractivity contribution >= 4 is 49.3 Å². The van der Waals surface area contributed by atoms with Gasteiger partial charge in [0.2, 0.25) is 17.7 Å². The quantitative estimate of drug-likeness (QED) is 0.0513. The van der Waals surface area contributed by atoms with E-state index in [0.29, 0.717) is 25.8 Å². The van der Waals surface area contributed by atoms with Crippen molar-refractivity contribution < 1.29 is 68.0 Å². The van der Waals surface area contributed by atoms with Crippen LogP contribution in [0.3, 0.4) is 0 Å². The number of rotatable bonds is 22. The number of hydrogen-bond donors (Lipinski definition) is 9. The maximum absolute atomic E-state index is 12.2. The summed E-state index contributed by atoms with van der Waals surface area (Å²) in [5.74, 6) is -7.92. The Morgan fingerprint density at radius 2 is 1.25 bits per heavy atom. The zero-order chi connectivity index (χ0) is 30.9. The number of carbonyl (C=O) groups is 7. The molecule has 0 radical (unpaired) electrons. The third-order valence-corrected chi connectivity index (χ3v) is 6.20. The van der Waals surface area contributed by atoms with Gasteiger partial charge < -0.3 is 41.3 Å². The SMILES string of the molecule is CC(=O)NCCCCCC(=O)N[C@@H](CCC(=O)N[C@@H](COP(=O)(O)N[C@@H](CCC(=O)O)C(=O)O)C(=O)O)C(=O)O. The van der Waals surface area contributed by atoms with E-state index in [9.17, 15) is 53.2 Å². The van der Waals surface area contributed by atoms with Crippen LogP contribution in [0.4, 0.5) is 0 Å². The average molecular weight is 598 g/mol. The molecule has 0 spiro atoms. The Bertz CT molecular complexity index is 975. The number of aliphatic carboxylic acids is 4. The number of hydrogen-bond acceptors (Lipinski definition) is 9. The summed E-state index contributed by atoms with van der Waals surface area (Å²) in [6, 6.07) is -5.16. The molecule has 0 aliphatic rings. The highest BCUT2D eigenvalue weighted by molar-refractivity contribution is 7.50. The molecule has 0 fully saturated rings. The van der Waals surface area contributed by atoms with E-state index in [4.69, 9.17) is 10.2 Å². The van der Waals surface area contributed by atoms with Gasteiger partial charge in [0.25, 0.3) is 0 Å². The number of carboxylic acids is 4. The van der Waals surface area contributed by atoms with Crippen LogP contribution in [0.5, 0.6) is 0 Å². The van der Waals surface area contributed by atoms with Crippen LogP contribution >= 0.6 is 7.75 Å². The van der Waals surface area contributed by atoms with Gasteiger partial charge in [-0.3, -0.25) is 28.5 Å². The number of carboxylic acid groups (broad SMARTS) is 4. The molecular formula is C21H35N4O14P. The maximum Gasteiger partial charge on any atom is 0.403 e. The first-order valence-electron chi connectivity index (χ1n) is 12.0. The number of carbonyl (C=O) groups excluding carboxylic acids is 3. The molecule has 3 amide bonds. The van der Waals surface area contributed by atoms with Crippen LogP contribution in [-0.4, -0.2) is 98.2 Å². The Morgan fingerprint density at radius 3 is 1.77 bits per heavy atom. The smallest absolute Gasteiger partial charge is 0.403 e. The van der Waals surface area contributed by atoms with Crippen molar-refractivity contribution in [1.82, 2.24) is 21.0 Å². The topological polar surface area (TPSA) is 295 Å². The minimum atomic E-state index is -4.96. The molecule has 1 unspecified atom stereocenters. The fourth-order valence-corrected chi connectivity index (χ4v) is 4.07. The minimum absolute atomic E-state index is 0.00275. The van der Waals surface area contributed by atoms with E-state index in [2.05, 4.69) is 15.2 Å². The molecule has 0 rings (SSSR count). The molecule has 18 nitrogen and oxygen atoms in total. The summed E-state index contributed by atoms with van der Waals surface area (Å²) in [5.41, 5.74) is 0. The molecule has 228 valence electrons. The molecule has 0 saturated heterocycles. The van der Waals surface area contributed by atoms with Crippen LogP contribution in [0.1, 0.15) is 58.3 Å². The molecule has 0 aliphatic heterocycles.